The molecule has 4 heteroatoms. The molecule has 0 unspecified atom stereocenters. The van der Waals surface area contributed by atoms with Gasteiger partial charge in [0.2, 0.25) is 0 Å². The summed E-state index contributed by atoms with van der Waals surface area (Å²) in [6, 6.07) is 24.7. The molecule has 0 radical (unpaired) electrons. The number of para-hydroxylation sites is 1. The van der Waals surface area contributed by atoms with Crippen LogP contribution in [-0.4, -0.2) is 8.19 Å². The summed E-state index contributed by atoms with van der Waals surface area (Å²) in [4.78, 5) is 2.99. The number of aromatic nitrogens is 1. The zero-order valence-electron chi connectivity index (χ0n) is 17.2. The fraction of sp³-hybridized carbons (Fsp3) is 0.208. The third-order valence-electron chi connectivity index (χ3n) is 2.94. The maximum atomic E-state index is 2.99. The molecule has 1 N–H and O–H groups in total. The molecular formula is C24H30Cl2NZr-3. The molecule has 3 aromatic carbocycles. The van der Waals surface area contributed by atoms with Crippen molar-refractivity contribution in [3.8, 4) is 0 Å². The number of fused-ring (bicyclic) bond motifs is 2. The van der Waals surface area contributed by atoms with Crippen LogP contribution in [-0.2, 0) is 24.2 Å². The van der Waals surface area contributed by atoms with Crippen molar-refractivity contribution in [3.63, 3.8) is 0 Å². The minimum Gasteiger partial charge on any atom is -0.477 e. The van der Waals surface area contributed by atoms with Crippen LogP contribution in [0.3, 0.4) is 0 Å². The van der Waals surface area contributed by atoms with Crippen molar-refractivity contribution in [2.24, 2.45) is 0 Å². The Balaban J connectivity index is 0. The molecule has 0 saturated heterocycles. The summed E-state index contributed by atoms with van der Waals surface area (Å²) in [5.74, 6) is 1.42. The van der Waals surface area contributed by atoms with Crippen molar-refractivity contribution < 1.29 is 24.2 Å². The summed E-state index contributed by atoms with van der Waals surface area (Å²) in [6.45, 7) is 10.5. The second-order valence-corrected chi connectivity index (χ2v) is 9.11. The molecule has 1 nitrogen and oxygen atoms in total. The molecule has 0 spiro atoms. The van der Waals surface area contributed by atoms with Crippen molar-refractivity contribution >= 4 is 49.7 Å². The number of rotatable bonds is 0. The Morgan fingerprint density at radius 2 is 1.39 bits per heavy atom. The molecule has 4 rings (SSSR count). The number of halogens is 2. The van der Waals surface area contributed by atoms with Crippen LogP contribution in [0.1, 0.15) is 34.6 Å². The van der Waals surface area contributed by atoms with E-state index in [2.05, 4.69) is 94.3 Å². The first kappa shape index (κ1) is 29.1. The number of aromatic amines is 1. The van der Waals surface area contributed by atoms with Crippen LogP contribution >= 0.6 is 24.8 Å². The number of hydrogen-bond donors (Lipinski definition) is 1. The quantitative estimate of drug-likeness (QED) is 0.241. The van der Waals surface area contributed by atoms with Gasteiger partial charge in [-0.3, -0.25) is 0 Å². The van der Waals surface area contributed by atoms with Crippen LogP contribution in [0.25, 0.3) is 21.7 Å². The molecule has 0 saturated carbocycles. The Morgan fingerprint density at radius 3 is 1.93 bits per heavy atom. The maximum absolute atomic E-state index is 2.99. The average molecular weight is 495 g/mol. The van der Waals surface area contributed by atoms with Gasteiger partial charge in [-0.2, -0.15) is 49.7 Å². The van der Waals surface area contributed by atoms with E-state index in [0.29, 0.717) is 0 Å². The van der Waals surface area contributed by atoms with Crippen molar-refractivity contribution in [3.05, 3.63) is 84.9 Å². The molecule has 0 fully saturated rings. The zero-order valence-corrected chi connectivity index (χ0v) is 21.3. The van der Waals surface area contributed by atoms with Gasteiger partial charge in [-0.25, -0.2) is 0 Å². The second-order valence-electron chi connectivity index (χ2n) is 6.66. The summed E-state index contributed by atoms with van der Waals surface area (Å²) in [7, 11) is 0. The molecule has 4 aromatic rings. The van der Waals surface area contributed by atoms with Crippen LogP contribution in [0, 0.1) is 12.1 Å². The Morgan fingerprint density at radius 1 is 0.893 bits per heavy atom. The fourth-order valence-corrected chi connectivity index (χ4v) is 2.00. The first-order valence-corrected chi connectivity index (χ1v) is 9.96. The molecular weight excluding hydrogens is 464 g/mol. The van der Waals surface area contributed by atoms with Crippen LogP contribution < -0.4 is 0 Å². The number of hydrogen-bond acceptors (Lipinski definition) is 0. The van der Waals surface area contributed by atoms with Crippen molar-refractivity contribution in [2.75, 3.05) is 0 Å². The average Bonchev–Trinajstić information content (AvgIpc) is 3.23. The van der Waals surface area contributed by atoms with E-state index >= 15 is 0 Å². The molecule has 0 aliphatic heterocycles. The Bertz CT molecular complexity index is 760. The van der Waals surface area contributed by atoms with E-state index in [1.807, 2.05) is 24.3 Å². The SMILES string of the molecule is C[C-](C)C.C[C](C)=[Zr].Cl.Cl.[c-]1cc2ccccc2[nH]1.c1ccc2[cH-]ccc2c1. The Labute approximate surface area is 197 Å². The normalized spacial score (nSPS) is 8.75. The zero-order chi connectivity index (χ0) is 19.4. The third kappa shape index (κ3) is 13.2. The second kappa shape index (κ2) is 16.8. The summed E-state index contributed by atoms with van der Waals surface area (Å²) in [6.07, 6.45) is 2.91. The van der Waals surface area contributed by atoms with E-state index in [1.54, 1.807) is 24.2 Å². The molecule has 0 aliphatic carbocycles. The summed E-state index contributed by atoms with van der Waals surface area (Å²) >= 11 is 1.55. The van der Waals surface area contributed by atoms with Crippen molar-refractivity contribution in [1.29, 1.82) is 0 Å². The van der Waals surface area contributed by atoms with Gasteiger partial charge in [-0.1, -0.05) is 18.2 Å². The van der Waals surface area contributed by atoms with E-state index < -0.39 is 0 Å². The molecule has 28 heavy (non-hydrogen) atoms. The topological polar surface area (TPSA) is 15.8 Å². The summed E-state index contributed by atoms with van der Waals surface area (Å²) in [5, 5.41) is 3.88. The first-order valence-electron chi connectivity index (χ1n) is 8.73. The van der Waals surface area contributed by atoms with Gasteiger partial charge in [0, 0.05) is 0 Å². The summed E-state index contributed by atoms with van der Waals surface area (Å²) in [5.41, 5.74) is 1.15. The van der Waals surface area contributed by atoms with Gasteiger partial charge in [0.05, 0.1) is 0 Å². The molecule has 1 aromatic heterocycles. The molecule has 1 heterocycles. The fourth-order valence-electron chi connectivity index (χ4n) is 2.00. The van der Waals surface area contributed by atoms with E-state index in [0.717, 1.165) is 5.52 Å². The smallest absolute Gasteiger partial charge is 0.0745 e. The van der Waals surface area contributed by atoms with Gasteiger partial charge in [0.15, 0.2) is 0 Å². The largest absolute Gasteiger partial charge is 0.477 e. The van der Waals surface area contributed by atoms with Gasteiger partial charge >= 0.3 is 41.3 Å². The molecule has 0 aliphatic rings. The van der Waals surface area contributed by atoms with Crippen molar-refractivity contribution in [1.82, 2.24) is 4.98 Å². The molecule has 0 amide bonds. The number of H-pyrrole nitrogens is 1. The van der Waals surface area contributed by atoms with Crippen LogP contribution in [0.15, 0.2) is 72.8 Å². The minimum absolute atomic E-state index is 0. The van der Waals surface area contributed by atoms with E-state index in [-0.39, 0.29) is 24.8 Å². The first-order chi connectivity index (χ1) is 12.4. The van der Waals surface area contributed by atoms with Gasteiger partial charge < -0.3 is 10.9 Å². The third-order valence-corrected chi connectivity index (χ3v) is 2.94. The predicted molar refractivity (Wildman–Crippen MR) is 128 cm³/mol. The van der Waals surface area contributed by atoms with Gasteiger partial charge in [0.25, 0.3) is 0 Å². The monoisotopic (exact) mass is 492 g/mol. The predicted octanol–water partition coefficient (Wildman–Crippen LogP) is 7.74. The number of benzene rings is 2. The van der Waals surface area contributed by atoms with Gasteiger partial charge in [0.1, 0.15) is 0 Å². The number of nitrogens with one attached hydrogen (secondary N) is 1. The minimum atomic E-state index is 0. The Hall–Kier alpha value is -1.08. The molecule has 0 atom stereocenters. The van der Waals surface area contributed by atoms with Crippen LogP contribution in [0.2, 0.25) is 0 Å². The standard InChI is InChI=1S/C9H7.C8H6N.C4H9.C3H6.2ClH.Zr/c1-2-5-9-7-3-6-8(9)4-1;1-2-4-8-7(3-1)5-6-9-8;1-4(2)3;1-3-2;;;/h1-7H;1-5,9H;1-3H3;1-2H3;2*1H;/q3*-1;;;;. The molecule has 0 bridgehead atoms. The van der Waals surface area contributed by atoms with Crippen molar-refractivity contribution in [2.45, 2.75) is 34.6 Å². The van der Waals surface area contributed by atoms with Gasteiger partial charge in [-0.05, 0) is 0 Å². The summed E-state index contributed by atoms with van der Waals surface area (Å²) < 4.78 is 1.51. The van der Waals surface area contributed by atoms with E-state index in [4.69, 9.17) is 0 Å². The van der Waals surface area contributed by atoms with E-state index in [9.17, 15) is 0 Å². The Kier molecular flexibility index (Phi) is 17.5. The molecule has 152 valence electrons. The maximum Gasteiger partial charge on any atom is -0.0745 e. The van der Waals surface area contributed by atoms with E-state index in [1.165, 1.54) is 25.3 Å². The van der Waals surface area contributed by atoms with Gasteiger partial charge in [-0.15, -0.1) is 78.3 Å². The van der Waals surface area contributed by atoms with Crippen LogP contribution in [0.5, 0.6) is 0 Å². The van der Waals surface area contributed by atoms with Crippen LogP contribution in [0.4, 0.5) is 0 Å².